The zero-order valence-electron chi connectivity index (χ0n) is 16.9. The van der Waals surface area contributed by atoms with Crippen LogP contribution in [0, 0.1) is 5.82 Å². The van der Waals surface area contributed by atoms with E-state index in [0.29, 0.717) is 22.3 Å². The highest BCUT2D eigenvalue weighted by Gasteiger charge is 2.24. The molecule has 0 spiro atoms. The van der Waals surface area contributed by atoms with Gasteiger partial charge in [0, 0.05) is 28.4 Å². The summed E-state index contributed by atoms with van der Waals surface area (Å²) in [5.74, 6) is -2.28. The van der Waals surface area contributed by atoms with Gasteiger partial charge in [0.15, 0.2) is 11.5 Å². The van der Waals surface area contributed by atoms with Crippen molar-refractivity contribution in [3.05, 3.63) is 76.2 Å². The second-order valence-corrected chi connectivity index (χ2v) is 6.93. The summed E-state index contributed by atoms with van der Waals surface area (Å²) in [4.78, 5) is 27.3. The van der Waals surface area contributed by atoms with Crippen molar-refractivity contribution in [3.8, 4) is 11.5 Å². The normalized spacial score (nSPS) is 11.8. The van der Waals surface area contributed by atoms with Crippen LogP contribution in [-0.4, -0.2) is 35.8 Å². The van der Waals surface area contributed by atoms with Crippen LogP contribution >= 0.6 is 0 Å². The minimum absolute atomic E-state index is 0.0764. The Hall–Kier alpha value is -4.37. The molecule has 0 aliphatic rings. The minimum atomic E-state index is -1.07. The number of hydrogen-bond acceptors (Lipinski definition) is 6. The van der Waals surface area contributed by atoms with E-state index in [4.69, 9.17) is 5.53 Å². The van der Waals surface area contributed by atoms with Crippen LogP contribution in [0.25, 0.3) is 33.0 Å². The van der Waals surface area contributed by atoms with Gasteiger partial charge in [0.1, 0.15) is 17.3 Å². The molecule has 0 amide bonds. The highest BCUT2D eigenvalue weighted by molar-refractivity contribution is 5.89. The average Bonchev–Trinajstić information content (AvgIpc) is 3.15. The number of halogens is 1. The summed E-state index contributed by atoms with van der Waals surface area (Å²) in [6, 6.07) is 9.87. The Balaban J connectivity index is 1.85. The number of pyridine rings is 1. The van der Waals surface area contributed by atoms with Crippen LogP contribution < -0.4 is 0 Å². The smallest absolute Gasteiger partial charge is 0.311 e. The Morgan fingerprint density at radius 3 is 2.81 bits per heavy atom. The molecule has 0 saturated carbocycles. The van der Waals surface area contributed by atoms with Gasteiger partial charge in [-0.05, 0) is 35.3 Å². The molecule has 1 aromatic carbocycles. The van der Waals surface area contributed by atoms with Crippen LogP contribution in [0.4, 0.5) is 10.2 Å². The molecule has 0 fully saturated rings. The molecule has 1 unspecified atom stereocenters. The summed E-state index contributed by atoms with van der Waals surface area (Å²) >= 11 is 0. The van der Waals surface area contributed by atoms with E-state index >= 15 is 0 Å². The quantitative estimate of drug-likeness (QED) is 0.257. The molecule has 0 saturated heterocycles. The number of carboxylic acid groups (broad SMARTS) is 1. The molecule has 3 heterocycles. The molecule has 0 radical (unpaired) electrons. The van der Waals surface area contributed by atoms with Gasteiger partial charge in [0.25, 0.3) is 0 Å². The minimum Gasteiger partial charge on any atom is -0.481 e. The first-order valence-electron chi connectivity index (χ1n) is 9.73. The Labute approximate surface area is 181 Å². The number of benzene rings is 1. The van der Waals surface area contributed by atoms with Crippen molar-refractivity contribution in [1.82, 2.24) is 24.7 Å². The zero-order chi connectivity index (χ0) is 22.7. The number of aromatic nitrogens is 5. The number of hydrogen-bond donors (Lipinski definition) is 1. The van der Waals surface area contributed by atoms with E-state index in [1.54, 1.807) is 48.1 Å². The molecule has 1 N–H and O–H groups in total. The second kappa shape index (κ2) is 8.78. The van der Waals surface area contributed by atoms with E-state index in [-0.39, 0.29) is 36.0 Å². The van der Waals surface area contributed by atoms with Crippen LogP contribution in [0.5, 0.6) is 0 Å². The number of carbonyl (C=O) groups is 1. The Morgan fingerprint density at radius 2 is 2.09 bits per heavy atom. The fourth-order valence-corrected chi connectivity index (χ4v) is 3.46. The standard InChI is InChI=1S/C21H17FN8O2/c1-2-13(21(31)32)15-10-25-19(26-18(15)27-29-23)17-14-7-5-9-24-20(14)30(28-17)11-12-6-3-4-8-16(12)22/h3-10,13H,2,11H2,1H3,(H,31,32). The van der Waals surface area contributed by atoms with Gasteiger partial charge in [-0.3, -0.25) is 4.79 Å². The predicted molar refractivity (Wildman–Crippen MR) is 114 cm³/mol. The van der Waals surface area contributed by atoms with E-state index in [2.05, 4.69) is 30.1 Å². The fourth-order valence-electron chi connectivity index (χ4n) is 3.46. The Morgan fingerprint density at radius 1 is 1.28 bits per heavy atom. The monoisotopic (exact) mass is 432 g/mol. The summed E-state index contributed by atoms with van der Waals surface area (Å²) in [5.41, 5.74) is 10.5. The van der Waals surface area contributed by atoms with Crippen molar-refractivity contribution in [3.63, 3.8) is 0 Å². The van der Waals surface area contributed by atoms with Crippen LogP contribution in [0.2, 0.25) is 0 Å². The Bertz CT molecular complexity index is 1360. The van der Waals surface area contributed by atoms with Gasteiger partial charge < -0.3 is 5.11 Å². The highest BCUT2D eigenvalue weighted by atomic mass is 19.1. The van der Waals surface area contributed by atoms with Gasteiger partial charge in [-0.1, -0.05) is 25.1 Å². The molecule has 32 heavy (non-hydrogen) atoms. The van der Waals surface area contributed by atoms with Crippen molar-refractivity contribution < 1.29 is 14.3 Å². The molecule has 160 valence electrons. The van der Waals surface area contributed by atoms with Crippen LogP contribution in [0.15, 0.2) is 53.9 Å². The first-order valence-corrected chi connectivity index (χ1v) is 9.73. The van der Waals surface area contributed by atoms with Crippen LogP contribution in [0.3, 0.4) is 0 Å². The van der Waals surface area contributed by atoms with Gasteiger partial charge in [0.05, 0.1) is 17.8 Å². The van der Waals surface area contributed by atoms with Crippen LogP contribution in [-0.2, 0) is 11.3 Å². The summed E-state index contributed by atoms with van der Waals surface area (Å²) < 4.78 is 15.7. The third-order valence-corrected chi connectivity index (χ3v) is 5.01. The summed E-state index contributed by atoms with van der Waals surface area (Å²) in [6.45, 7) is 1.84. The first-order chi connectivity index (χ1) is 15.5. The zero-order valence-corrected chi connectivity index (χ0v) is 16.9. The number of nitrogens with zero attached hydrogens (tertiary/aromatic N) is 8. The van der Waals surface area contributed by atoms with Gasteiger partial charge in [0.2, 0.25) is 0 Å². The topological polar surface area (TPSA) is 143 Å². The lowest BCUT2D eigenvalue weighted by Crippen LogP contribution is -2.12. The lowest BCUT2D eigenvalue weighted by atomic mass is 9.98. The van der Waals surface area contributed by atoms with E-state index in [0.717, 1.165) is 0 Å². The maximum atomic E-state index is 14.2. The van der Waals surface area contributed by atoms with Gasteiger partial charge in [-0.25, -0.2) is 24.0 Å². The molecule has 4 rings (SSSR count). The van der Waals surface area contributed by atoms with Crippen molar-refractivity contribution >= 4 is 22.8 Å². The Kier molecular flexibility index (Phi) is 5.73. The van der Waals surface area contributed by atoms with Gasteiger partial charge >= 0.3 is 5.97 Å². The maximum Gasteiger partial charge on any atom is 0.311 e. The van der Waals surface area contributed by atoms with Crippen LogP contribution in [0.1, 0.15) is 30.4 Å². The lowest BCUT2D eigenvalue weighted by Gasteiger charge is -2.12. The van der Waals surface area contributed by atoms with Crippen molar-refractivity contribution in [2.75, 3.05) is 0 Å². The lowest BCUT2D eigenvalue weighted by molar-refractivity contribution is -0.138. The van der Waals surface area contributed by atoms with E-state index in [1.807, 2.05) is 0 Å². The third kappa shape index (κ3) is 3.84. The summed E-state index contributed by atoms with van der Waals surface area (Å²) in [5, 5.41) is 18.2. The molecule has 10 nitrogen and oxygen atoms in total. The molecule has 0 aliphatic heterocycles. The number of aliphatic carboxylic acids is 1. The number of carboxylic acids is 1. The predicted octanol–water partition coefficient (Wildman–Crippen LogP) is 4.60. The molecular weight excluding hydrogens is 415 g/mol. The molecule has 1 atom stereocenters. The molecule has 0 bridgehead atoms. The second-order valence-electron chi connectivity index (χ2n) is 6.93. The van der Waals surface area contributed by atoms with E-state index in [9.17, 15) is 14.3 Å². The van der Waals surface area contributed by atoms with Crippen molar-refractivity contribution in [1.29, 1.82) is 0 Å². The number of azide groups is 1. The molecule has 4 aromatic rings. The molecule has 3 aromatic heterocycles. The molecule has 0 aliphatic carbocycles. The highest BCUT2D eigenvalue weighted by Crippen LogP contribution is 2.31. The summed E-state index contributed by atoms with van der Waals surface area (Å²) in [6.07, 6.45) is 3.21. The number of fused-ring (bicyclic) bond motifs is 1. The maximum absolute atomic E-state index is 14.2. The average molecular weight is 432 g/mol. The van der Waals surface area contributed by atoms with E-state index < -0.39 is 11.9 Å². The van der Waals surface area contributed by atoms with E-state index in [1.165, 1.54) is 12.3 Å². The van der Waals surface area contributed by atoms with Gasteiger partial charge in [-0.15, -0.1) is 0 Å². The van der Waals surface area contributed by atoms with Crippen molar-refractivity contribution in [2.45, 2.75) is 25.8 Å². The summed E-state index contributed by atoms with van der Waals surface area (Å²) in [7, 11) is 0. The molecular formula is C21H17FN8O2. The fraction of sp³-hybridized carbons (Fsp3) is 0.190. The number of rotatable bonds is 7. The first kappa shape index (κ1) is 20.9. The largest absolute Gasteiger partial charge is 0.481 e. The third-order valence-electron chi connectivity index (χ3n) is 5.01. The van der Waals surface area contributed by atoms with Crippen molar-refractivity contribution in [2.24, 2.45) is 5.11 Å². The molecule has 11 heteroatoms. The SMILES string of the molecule is CCC(C(=O)O)c1cnc(-c2nn(Cc3ccccc3F)c3ncccc23)nc1N=[N+]=[N-]. The van der Waals surface area contributed by atoms with Gasteiger partial charge in [-0.2, -0.15) is 5.10 Å².